The monoisotopic (exact) mass is 298 g/mol. The van der Waals surface area contributed by atoms with Crippen LogP contribution in [0, 0.1) is 23.0 Å². The number of hydrogen-bond acceptors (Lipinski definition) is 5. The Morgan fingerprint density at radius 1 is 1.52 bits per heavy atom. The first-order valence-electron chi connectivity index (χ1n) is 7.01. The van der Waals surface area contributed by atoms with Crippen LogP contribution in [-0.2, 0) is 11.3 Å². The van der Waals surface area contributed by atoms with Crippen molar-refractivity contribution < 1.29 is 14.8 Å². The van der Waals surface area contributed by atoms with E-state index in [-0.39, 0.29) is 30.7 Å². The zero-order valence-corrected chi connectivity index (χ0v) is 12.6. The van der Waals surface area contributed by atoms with Gasteiger partial charge in [-0.25, -0.2) is 0 Å². The van der Waals surface area contributed by atoms with Gasteiger partial charge in [-0.1, -0.05) is 26.7 Å². The van der Waals surface area contributed by atoms with Crippen LogP contribution in [0.4, 0.5) is 5.82 Å². The molecule has 21 heavy (non-hydrogen) atoms. The molecular formula is C13H22N4O4. The predicted molar refractivity (Wildman–Crippen MR) is 76.7 cm³/mol. The minimum atomic E-state index is -0.599. The number of hydrogen-bond donors (Lipinski definition) is 2. The Labute approximate surface area is 123 Å². The number of aryl methyl sites for hydroxylation is 1. The van der Waals surface area contributed by atoms with E-state index in [1.165, 1.54) is 10.8 Å². The summed E-state index contributed by atoms with van der Waals surface area (Å²) in [4.78, 5) is 25.6. The third-order valence-corrected chi connectivity index (χ3v) is 3.57. The number of nitrogens with one attached hydrogen (secondary N) is 1. The van der Waals surface area contributed by atoms with Crippen LogP contribution in [0.1, 0.15) is 32.5 Å². The number of nitro groups is 1. The second-order valence-corrected chi connectivity index (χ2v) is 4.98. The minimum Gasteiger partial charge on any atom is -0.391 e. The normalized spacial score (nSPS) is 12.4. The lowest BCUT2D eigenvalue weighted by molar-refractivity contribution is -0.389. The maximum absolute atomic E-state index is 11.8. The van der Waals surface area contributed by atoms with Gasteiger partial charge in [-0.2, -0.15) is 0 Å². The average molecular weight is 298 g/mol. The van der Waals surface area contributed by atoms with Gasteiger partial charge in [0, 0.05) is 13.5 Å². The van der Waals surface area contributed by atoms with E-state index in [0.29, 0.717) is 5.82 Å². The van der Waals surface area contributed by atoms with Gasteiger partial charge in [0.25, 0.3) is 0 Å². The molecule has 1 heterocycles. The largest absolute Gasteiger partial charge is 0.391 e. The predicted octanol–water partition coefficient (Wildman–Crippen LogP) is 1.01. The molecule has 0 saturated heterocycles. The first kappa shape index (κ1) is 17.1. The third-order valence-electron chi connectivity index (χ3n) is 3.57. The first-order chi connectivity index (χ1) is 9.88. The van der Waals surface area contributed by atoms with Crippen molar-refractivity contribution in [1.82, 2.24) is 14.9 Å². The van der Waals surface area contributed by atoms with Crippen LogP contribution in [0.2, 0.25) is 0 Å². The Hall–Kier alpha value is -1.96. The zero-order chi connectivity index (χ0) is 16.0. The lowest BCUT2D eigenvalue weighted by atomic mass is 9.96. The molecule has 0 aliphatic rings. The summed E-state index contributed by atoms with van der Waals surface area (Å²) in [6, 6.07) is 0. The van der Waals surface area contributed by atoms with Gasteiger partial charge in [0.1, 0.15) is 12.7 Å². The smallest absolute Gasteiger partial charge is 0.381 e. The summed E-state index contributed by atoms with van der Waals surface area (Å²) >= 11 is 0. The van der Waals surface area contributed by atoms with Gasteiger partial charge in [0.05, 0.1) is 6.10 Å². The van der Waals surface area contributed by atoms with E-state index in [2.05, 4.69) is 10.3 Å². The SMILES string of the molecule is CCC(CC)C(O)CNC(=O)Cn1cc([N+](=O)[O-])nc1C. The van der Waals surface area contributed by atoms with E-state index in [0.717, 1.165) is 12.8 Å². The second kappa shape index (κ2) is 7.72. The summed E-state index contributed by atoms with van der Waals surface area (Å²) in [5.41, 5.74) is 0. The van der Waals surface area contributed by atoms with Crippen molar-refractivity contribution in [2.45, 2.75) is 46.3 Å². The van der Waals surface area contributed by atoms with E-state index < -0.39 is 11.0 Å². The molecule has 1 aromatic rings. The van der Waals surface area contributed by atoms with Gasteiger partial charge in [0.15, 0.2) is 0 Å². The molecule has 0 saturated carbocycles. The molecule has 2 N–H and O–H groups in total. The molecule has 0 fully saturated rings. The number of carbonyl (C=O) groups excluding carboxylic acids is 1. The fourth-order valence-electron chi connectivity index (χ4n) is 2.17. The maximum atomic E-state index is 11.8. The molecule has 0 spiro atoms. The Morgan fingerprint density at radius 3 is 2.62 bits per heavy atom. The molecule has 8 heteroatoms. The number of aliphatic hydroxyl groups excluding tert-OH is 1. The molecule has 1 rings (SSSR count). The summed E-state index contributed by atoms with van der Waals surface area (Å²) in [5, 5.41) is 23.2. The van der Waals surface area contributed by atoms with E-state index in [4.69, 9.17) is 0 Å². The Balaban J connectivity index is 2.52. The maximum Gasteiger partial charge on any atom is 0.381 e. The molecule has 0 aliphatic carbocycles. The molecule has 0 aliphatic heterocycles. The van der Waals surface area contributed by atoms with Crippen LogP contribution >= 0.6 is 0 Å². The number of aromatic nitrogens is 2. The topological polar surface area (TPSA) is 110 Å². The van der Waals surface area contributed by atoms with Crippen LogP contribution in [0.25, 0.3) is 0 Å². The molecule has 1 aromatic heterocycles. The van der Waals surface area contributed by atoms with Crippen molar-refractivity contribution in [1.29, 1.82) is 0 Å². The molecule has 1 atom stereocenters. The van der Waals surface area contributed by atoms with E-state index in [1.54, 1.807) is 6.92 Å². The number of amides is 1. The Bertz CT molecular complexity index is 496. The lowest BCUT2D eigenvalue weighted by Crippen LogP contribution is -2.37. The van der Waals surface area contributed by atoms with Crippen molar-refractivity contribution in [3.8, 4) is 0 Å². The highest BCUT2D eigenvalue weighted by atomic mass is 16.6. The van der Waals surface area contributed by atoms with Gasteiger partial charge < -0.3 is 20.5 Å². The molecule has 1 amide bonds. The number of nitrogens with zero attached hydrogens (tertiary/aromatic N) is 3. The van der Waals surface area contributed by atoms with Crippen molar-refractivity contribution >= 4 is 11.7 Å². The lowest BCUT2D eigenvalue weighted by Gasteiger charge is -2.20. The summed E-state index contributed by atoms with van der Waals surface area (Å²) in [5.74, 6) is -0.0356. The summed E-state index contributed by atoms with van der Waals surface area (Å²) in [7, 11) is 0. The zero-order valence-electron chi connectivity index (χ0n) is 12.6. The highest BCUT2D eigenvalue weighted by Gasteiger charge is 2.19. The standard InChI is InChI=1S/C13H22N4O4/c1-4-10(5-2)11(18)6-14-13(19)8-16-7-12(17(20)21)15-9(16)3/h7,10-11,18H,4-6,8H2,1-3H3,(H,14,19). The highest BCUT2D eigenvalue weighted by Crippen LogP contribution is 2.12. The van der Waals surface area contributed by atoms with Crippen molar-refractivity contribution in [2.24, 2.45) is 5.92 Å². The minimum absolute atomic E-state index is 0.0533. The fraction of sp³-hybridized carbons (Fsp3) is 0.692. The van der Waals surface area contributed by atoms with E-state index in [1.807, 2.05) is 13.8 Å². The summed E-state index contributed by atoms with van der Waals surface area (Å²) in [6.45, 7) is 5.71. The van der Waals surface area contributed by atoms with Crippen LogP contribution < -0.4 is 5.32 Å². The molecule has 1 unspecified atom stereocenters. The average Bonchev–Trinajstić information content (AvgIpc) is 2.79. The third kappa shape index (κ3) is 4.82. The van der Waals surface area contributed by atoms with Crippen molar-refractivity contribution in [2.75, 3.05) is 6.54 Å². The first-order valence-corrected chi connectivity index (χ1v) is 7.01. The number of carbonyl (C=O) groups is 1. The molecular weight excluding hydrogens is 276 g/mol. The summed E-state index contributed by atoms with van der Waals surface area (Å²) in [6.07, 6.45) is 2.34. The van der Waals surface area contributed by atoms with Gasteiger partial charge in [-0.05, 0) is 15.8 Å². The van der Waals surface area contributed by atoms with E-state index >= 15 is 0 Å². The van der Waals surface area contributed by atoms with Gasteiger partial charge in [-0.15, -0.1) is 0 Å². The van der Waals surface area contributed by atoms with Crippen LogP contribution in [0.5, 0.6) is 0 Å². The molecule has 118 valence electrons. The number of rotatable bonds is 8. The second-order valence-electron chi connectivity index (χ2n) is 4.98. The van der Waals surface area contributed by atoms with E-state index in [9.17, 15) is 20.0 Å². The number of aliphatic hydroxyl groups is 1. The Kier molecular flexibility index (Phi) is 6.29. The highest BCUT2D eigenvalue weighted by molar-refractivity contribution is 5.75. The van der Waals surface area contributed by atoms with Crippen LogP contribution in [-0.4, -0.2) is 38.1 Å². The Morgan fingerprint density at radius 2 is 2.14 bits per heavy atom. The molecule has 8 nitrogen and oxygen atoms in total. The van der Waals surface area contributed by atoms with Crippen LogP contribution in [0.3, 0.4) is 0 Å². The van der Waals surface area contributed by atoms with Crippen molar-refractivity contribution in [3.63, 3.8) is 0 Å². The van der Waals surface area contributed by atoms with Crippen molar-refractivity contribution in [3.05, 3.63) is 22.1 Å². The van der Waals surface area contributed by atoms with Crippen LogP contribution in [0.15, 0.2) is 6.20 Å². The summed E-state index contributed by atoms with van der Waals surface area (Å²) < 4.78 is 1.41. The molecule has 0 bridgehead atoms. The molecule has 0 aromatic carbocycles. The quantitative estimate of drug-likeness (QED) is 0.550. The van der Waals surface area contributed by atoms with Gasteiger partial charge in [-0.3, -0.25) is 9.36 Å². The number of imidazole rings is 1. The van der Waals surface area contributed by atoms with Gasteiger partial charge in [0.2, 0.25) is 11.7 Å². The van der Waals surface area contributed by atoms with Gasteiger partial charge >= 0.3 is 5.82 Å². The fourth-order valence-corrected chi connectivity index (χ4v) is 2.17. The molecule has 0 radical (unpaired) electrons.